The van der Waals surface area contributed by atoms with Crippen LogP contribution in [0.5, 0.6) is 0 Å². The molecule has 0 aromatic heterocycles. The van der Waals surface area contributed by atoms with Gasteiger partial charge in [-0.1, -0.05) is 0 Å². The molecule has 0 atom stereocenters. The van der Waals surface area contributed by atoms with Gasteiger partial charge in [0, 0.05) is 6.54 Å². The highest BCUT2D eigenvalue weighted by Gasteiger charge is 2.39. The van der Waals surface area contributed by atoms with Gasteiger partial charge in [-0.15, -0.1) is 0 Å². The lowest BCUT2D eigenvalue weighted by molar-refractivity contribution is -1.04. The lowest BCUT2D eigenvalue weighted by Crippen LogP contribution is -2.70. The standard InChI is InChI=1S/C10H26N4/c1-10(2)13(3)6-8-14(12,5-4-11)9-7-13/h10H,4-9,11-12H2,1-3H3/q+2. The van der Waals surface area contributed by atoms with E-state index in [-0.39, 0.29) is 0 Å². The Labute approximate surface area is 87.6 Å². The number of nitrogens with zero attached hydrogens (tertiary/aromatic N) is 2. The zero-order valence-electron chi connectivity index (χ0n) is 9.87. The summed E-state index contributed by atoms with van der Waals surface area (Å²) in [4.78, 5) is 0. The van der Waals surface area contributed by atoms with Crippen LogP contribution < -0.4 is 11.6 Å². The normalized spacial score (nSPS) is 39.0. The highest BCUT2D eigenvalue weighted by Crippen LogP contribution is 2.17. The highest BCUT2D eigenvalue weighted by atomic mass is 15.6. The molecule has 1 aliphatic rings. The summed E-state index contributed by atoms with van der Waals surface area (Å²) in [5, 5.41) is 0. The first-order chi connectivity index (χ1) is 6.42. The Morgan fingerprint density at radius 3 is 2.00 bits per heavy atom. The summed E-state index contributed by atoms with van der Waals surface area (Å²) in [6.45, 7) is 10.7. The average molecular weight is 202 g/mol. The molecular formula is C10H26N4+2. The number of hydrogen-bond donors (Lipinski definition) is 2. The van der Waals surface area contributed by atoms with Gasteiger partial charge in [0.1, 0.15) is 32.7 Å². The zero-order valence-corrected chi connectivity index (χ0v) is 9.87. The molecular weight excluding hydrogens is 176 g/mol. The fourth-order valence-corrected chi connectivity index (χ4v) is 2.08. The van der Waals surface area contributed by atoms with Gasteiger partial charge in [0.05, 0.1) is 13.1 Å². The van der Waals surface area contributed by atoms with E-state index in [4.69, 9.17) is 11.6 Å². The summed E-state index contributed by atoms with van der Waals surface area (Å²) in [6, 6.07) is 0.696. The molecule has 0 unspecified atom stereocenters. The SMILES string of the molecule is CC(C)[N+]1(C)CC[N+](N)(CCN)CC1. The van der Waals surface area contributed by atoms with E-state index < -0.39 is 0 Å². The van der Waals surface area contributed by atoms with Crippen molar-refractivity contribution >= 4 is 0 Å². The number of nitrogens with two attached hydrogens (primary N) is 2. The number of hydrogen-bond acceptors (Lipinski definition) is 2. The van der Waals surface area contributed by atoms with Gasteiger partial charge in [0.25, 0.3) is 0 Å². The van der Waals surface area contributed by atoms with Crippen molar-refractivity contribution in [3.63, 3.8) is 0 Å². The van der Waals surface area contributed by atoms with E-state index in [2.05, 4.69) is 20.9 Å². The van der Waals surface area contributed by atoms with E-state index in [0.717, 1.165) is 24.1 Å². The quantitative estimate of drug-likeness (QED) is 0.479. The third-order valence-corrected chi connectivity index (χ3v) is 3.93. The minimum Gasteiger partial charge on any atom is -0.325 e. The van der Waals surface area contributed by atoms with Gasteiger partial charge in [-0.2, -0.15) is 5.84 Å². The molecule has 0 spiro atoms. The fraction of sp³-hybridized carbons (Fsp3) is 1.00. The molecule has 0 radical (unpaired) electrons. The second-order valence-corrected chi connectivity index (χ2v) is 5.20. The van der Waals surface area contributed by atoms with Crippen LogP contribution in [-0.4, -0.2) is 61.4 Å². The van der Waals surface area contributed by atoms with E-state index in [9.17, 15) is 0 Å². The zero-order chi connectivity index (χ0) is 10.8. The first kappa shape index (κ1) is 11.9. The maximum absolute atomic E-state index is 6.24. The molecule has 4 heteroatoms. The van der Waals surface area contributed by atoms with Crippen LogP contribution in [0.25, 0.3) is 0 Å². The third kappa shape index (κ3) is 2.45. The molecule has 1 fully saturated rings. The van der Waals surface area contributed by atoms with Crippen LogP contribution in [-0.2, 0) is 0 Å². The minimum absolute atomic E-state index is 0.678. The van der Waals surface area contributed by atoms with Crippen LogP contribution in [0.3, 0.4) is 0 Å². The van der Waals surface area contributed by atoms with Gasteiger partial charge in [-0.25, -0.2) is 4.59 Å². The summed E-state index contributed by atoms with van der Waals surface area (Å²) >= 11 is 0. The van der Waals surface area contributed by atoms with Crippen molar-refractivity contribution in [3.8, 4) is 0 Å². The molecule has 0 aliphatic carbocycles. The smallest absolute Gasteiger partial charge is 0.146 e. The van der Waals surface area contributed by atoms with Gasteiger partial charge in [-0.05, 0) is 13.8 Å². The molecule has 4 N–H and O–H groups in total. The van der Waals surface area contributed by atoms with Crippen LogP contribution in [0.2, 0.25) is 0 Å². The van der Waals surface area contributed by atoms with Crippen molar-refractivity contribution < 1.29 is 9.08 Å². The van der Waals surface area contributed by atoms with Crippen molar-refractivity contribution in [2.24, 2.45) is 11.6 Å². The first-order valence-electron chi connectivity index (χ1n) is 5.61. The van der Waals surface area contributed by atoms with E-state index >= 15 is 0 Å². The van der Waals surface area contributed by atoms with Crippen LogP contribution >= 0.6 is 0 Å². The van der Waals surface area contributed by atoms with E-state index in [1.807, 2.05) is 0 Å². The van der Waals surface area contributed by atoms with E-state index in [0.29, 0.717) is 17.2 Å². The molecule has 0 aromatic rings. The number of quaternary nitrogens is 2. The Morgan fingerprint density at radius 2 is 1.64 bits per heavy atom. The predicted octanol–water partition coefficient (Wildman–Crippen LogP) is -0.496. The van der Waals surface area contributed by atoms with Crippen molar-refractivity contribution in [2.45, 2.75) is 19.9 Å². The van der Waals surface area contributed by atoms with Crippen molar-refractivity contribution in [1.82, 2.24) is 0 Å². The summed E-state index contributed by atoms with van der Waals surface area (Å²) in [5.74, 6) is 6.24. The van der Waals surface area contributed by atoms with Crippen LogP contribution in [0, 0.1) is 0 Å². The summed E-state index contributed by atoms with van der Waals surface area (Å²) in [5.41, 5.74) is 5.57. The molecule has 1 aliphatic heterocycles. The van der Waals surface area contributed by atoms with Crippen molar-refractivity contribution in [3.05, 3.63) is 0 Å². The predicted molar refractivity (Wildman–Crippen MR) is 59.2 cm³/mol. The Hall–Kier alpha value is -0.160. The fourth-order valence-electron chi connectivity index (χ4n) is 2.08. The largest absolute Gasteiger partial charge is 0.325 e. The molecule has 0 aromatic carbocycles. The maximum atomic E-state index is 6.24. The Balaban J connectivity index is 2.52. The topological polar surface area (TPSA) is 52.0 Å². The second-order valence-electron chi connectivity index (χ2n) is 5.20. The molecule has 0 amide bonds. The Bertz CT molecular complexity index is 183. The lowest BCUT2D eigenvalue weighted by Gasteiger charge is -2.47. The molecule has 1 rings (SSSR count). The van der Waals surface area contributed by atoms with Crippen LogP contribution in [0.4, 0.5) is 0 Å². The third-order valence-electron chi connectivity index (χ3n) is 3.93. The van der Waals surface area contributed by atoms with Crippen LogP contribution in [0.15, 0.2) is 0 Å². The second kappa shape index (κ2) is 4.14. The van der Waals surface area contributed by atoms with Crippen LogP contribution in [0.1, 0.15) is 13.8 Å². The summed E-state index contributed by atoms with van der Waals surface area (Å²) < 4.78 is 1.83. The number of rotatable bonds is 3. The number of likely N-dealkylation sites (N-methyl/N-ethyl adjacent to an activating group) is 1. The molecule has 14 heavy (non-hydrogen) atoms. The van der Waals surface area contributed by atoms with Gasteiger partial charge < -0.3 is 10.2 Å². The monoisotopic (exact) mass is 202 g/mol. The summed E-state index contributed by atoms with van der Waals surface area (Å²) in [6.07, 6.45) is 0. The molecule has 4 nitrogen and oxygen atoms in total. The van der Waals surface area contributed by atoms with Crippen molar-refractivity contribution in [1.29, 1.82) is 0 Å². The Morgan fingerprint density at radius 1 is 1.14 bits per heavy atom. The highest BCUT2D eigenvalue weighted by molar-refractivity contribution is 4.53. The maximum Gasteiger partial charge on any atom is 0.146 e. The van der Waals surface area contributed by atoms with E-state index in [1.54, 1.807) is 0 Å². The van der Waals surface area contributed by atoms with Gasteiger partial charge in [-0.3, -0.25) is 0 Å². The molecule has 0 bridgehead atoms. The lowest BCUT2D eigenvalue weighted by atomic mass is 10.2. The minimum atomic E-state index is 0.678. The molecule has 1 heterocycles. The average Bonchev–Trinajstić information content (AvgIpc) is 2.11. The van der Waals surface area contributed by atoms with Gasteiger partial charge in [0.15, 0.2) is 0 Å². The van der Waals surface area contributed by atoms with Gasteiger partial charge >= 0.3 is 0 Å². The van der Waals surface area contributed by atoms with E-state index in [1.165, 1.54) is 13.1 Å². The molecule has 84 valence electrons. The number of piperazine rings is 1. The van der Waals surface area contributed by atoms with Crippen molar-refractivity contribution in [2.75, 3.05) is 46.3 Å². The molecule has 0 saturated carbocycles. The van der Waals surface area contributed by atoms with Gasteiger partial charge in [0.2, 0.25) is 0 Å². The Kier molecular flexibility index (Phi) is 3.53. The first-order valence-corrected chi connectivity index (χ1v) is 5.61. The summed E-state index contributed by atoms with van der Waals surface area (Å²) in [7, 11) is 2.33. The molecule has 1 saturated heterocycles.